The van der Waals surface area contributed by atoms with Crippen molar-refractivity contribution in [2.75, 3.05) is 19.6 Å². The van der Waals surface area contributed by atoms with E-state index in [-0.39, 0.29) is 29.1 Å². The zero-order valence-corrected chi connectivity index (χ0v) is 20.8. The summed E-state index contributed by atoms with van der Waals surface area (Å²) in [6.07, 6.45) is -3.60. The van der Waals surface area contributed by atoms with Crippen LogP contribution in [0.2, 0.25) is 0 Å². The summed E-state index contributed by atoms with van der Waals surface area (Å²) < 4.78 is 69.9. The summed E-state index contributed by atoms with van der Waals surface area (Å²) in [6.45, 7) is 5.35. The molecule has 2 aromatic rings. The minimum Gasteiger partial charge on any atom is -0.481 e. The van der Waals surface area contributed by atoms with E-state index in [0.717, 1.165) is 11.1 Å². The molecule has 7 nitrogen and oxygen atoms in total. The first kappa shape index (κ1) is 26.4. The van der Waals surface area contributed by atoms with Crippen LogP contribution in [0.1, 0.15) is 30.5 Å². The molecule has 0 radical (unpaired) electrons. The SMILES string of the molecule is C[C@@H]1CN(CCc2ccc(OC(F)(F)F)cc2)C[C@H](C)N1S(=O)(=O)c1cccc2c1CC(C(=O)O)C2. The zero-order valence-electron chi connectivity index (χ0n) is 20.0. The number of carbonyl (C=O) groups is 1. The molecule has 196 valence electrons. The number of fused-ring (bicyclic) bond motifs is 1. The average molecular weight is 527 g/mol. The van der Waals surface area contributed by atoms with E-state index < -0.39 is 28.3 Å². The van der Waals surface area contributed by atoms with Crippen LogP contribution in [-0.4, -0.2) is 66.8 Å². The molecular weight excluding hydrogens is 497 g/mol. The van der Waals surface area contributed by atoms with Crippen molar-refractivity contribution in [3.63, 3.8) is 0 Å². The van der Waals surface area contributed by atoms with Crippen LogP contribution < -0.4 is 4.74 Å². The van der Waals surface area contributed by atoms with Gasteiger partial charge in [-0.2, -0.15) is 4.31 Å². The highest BCUT2D eigenvalue weighted by atomic mass is 32.2. The standard InChI is InChI=1S/C25H29F3N2O5S/c1-16-14-29(11-10-18-6-8-21(9-7-18)35-25(26,27)28)15-17(2)30(16)36(33,34)23-5-3-4-19-12-20(24(31)32)13-22(19)23/h3-9,16-17,20H,10-15H2,1-2H3,(H,31,32)/t16-,17+,20?. The predicted molar refractivity (Wildman–Crippen MR) is 126 cm³/mol. The van der Waals surface area contributed by atoms with Gasteiger partial charge in [-0.15, -0.1) is 13.2 Å². The van der Waals surface area contributed by atoms with Gasteiger partial charge in [0.1, 0.15) is 5.75 Å². The van der Waals surface area contributed by atoms with Gasteiger partial charge in [0.15, 0.2) is 0 Å². The lowest BCUT2D eigenvalue weighted by atomic mass is 10.1. The number of hydrogen-bond acceptors (Lipinski definition) is 5. The molecule has 36 heavy (non-hydrogen) atoms. The number of alkyl halides is 3. The average Bonchev–Trinajstić information content (AvgIpc) is 3.22. The summed E-state index contributed by atoms with van der Waals surface area (Å²) in [5, 5.41) is 9.42. The first-order valence-corrected chi connectivity index (χ1v) is 13.2. The van der Waals surface area contributed by atoms with Crippen LogP contribution in [-0.2, 0) is 34.1 Å². The second-order valence-electron chi connectivity index (χ2n) is 9.57. The number of hydrogen-bond donors (Lipinski definition) is 1. The number of rotatable bonds is 7. The molecule has 2 aromatic carbocycles. The van der Waals surface area contributed by atoms with Gasteiger partial charge in [-0.05, 0) is 68.0 Å². The van der Waals surface area contributed by atoms with E-state index in [9.17, 15) is 31.5 Å². The van der Waals surface area contributed by atoms with Gasteiger partial charge in [0.2, 0.25) is 10.0 Å². The second-order valence-corrected chi connectivity index (χ2v) is 11.4. The van der Waals surface area contributed by atoms with Crippen molar-refractivity contribution in [2.24, 2.45) is 5.92 Å². The highest BCUT2D eigenvalue weighted by Crippen LogP contribution is 2.35. The number of benzene rings is 2. The quantitative estimate of drug-likeness (QED) is 0.592. The molecule has 3 atom stereocenters. The lowest BCUT2D eigenvalue weighted by molar-refractivity contribution is -0.274. The van der Waals surface area contributed by atoms with E-state index in [2.05, 4.69) is 9.64 Å². The molecule has 4 rings (SSSR count). The zero-order chi connectivity index (χ0) is 26.3. The van der Waals surface area contributed by atoms with Gasteiger partial charge >= 0.3 is 12.3 Å². The van der Waals surface area contributed by atoms with Crippen molar-refractivity contribution < 1.29 is 36.2 Å². The van der Waals surface area contributed by atoms with Gasteiger partial charge in [-0.25, -0.2) is 8.42 Å². The van der Waals surface area contributed by atoms with Crippen LogP contribution in [0.15, 0.2) is 47.4 Å². The molecule has 1 saturated heterocycles. The third-order valence-corrected chi connectivity index (χ3v) is 9.05. The van der Waals surface area contributed by atoms with E-state index in [1.54, 1.807) is 30.3 Å². The number of aliphatic carboxylic acids is 1. The first-order valence-electron chi connectivity index (χ1n) is 11.8. The van der Waals surface area contributed by atoms with E-state index >= 15 is 0 Å². The summed E-state index contributed by atoms with van der Waals surface area (Å²) in [5.41, 5.74) is 2.23. The molecule has 1 aliphatic heterocycles. The van der Waals surface area contributed by atoms with Crippen molar-refractivity contribution in [1.82, 2.24) is 9.21 Å². The molecule has 1 aliphatic carbocycles. The van der Waals surface area contributed by atoms with E-state index in [0.29, 0.717) is 38.0 Å². The largest absolute Gasteiger partial charge is 0.573 e. The van der Waals surface area contributed by atoms with Crippen LogP contribution in [0.4, 0.5) is 13.2 Å². The first-order chi connectivity index (χ1) is 16.8. The van der Waals surface area contributed by atoms with Crippen LogP contribution in [0.3, 0.4) is 0 Å². The molecular formula is C25H29F3N2O5S. The number of halogens is 3. The van der Waals surface area contributed by atoms with Gasteiger partial charge in [0, 0.05) is 31.7 Å². The Kier molecular flexibility index (Phi) is 7.36. The fourth-order valence-electron chi connectivity index (χ4n) is 5.37. The number of ether oxygens (including phenoxy) is 1. The minimum absolute atomic E-state index is 0.192. The molecule has 1 fully saturated rings. The molecule has 1 N–H and O–H groups in total. The molecule has 2 aliphatic rings. The molecule has 0 bridgehead atoms. The number of nitrogens with zero attached hydrogens (tertiary/aromatic N) is 2. The Morgan fingerprint density at radius 2 is 1.69 bits per heavy atom. The summed E-state index contributed by atoms with van der Waals surface area (Å²) in [5.74, 6) is -1.81. The maximum Gasteiger partial charge on any atom is 0.573 e. The number of piperazine rings is 1. The van der Waals surface area contributed by atoms with Gasteiger partial charge in [-0.1, -0.05) is 24.3 Å². The van der Waals surface area contributed by atoms with Crippen molar-refractivity contribution >= 4 is 16.0 Å². The van der Waals surface area contributed by atoms with Crippen LogP contribution in [0, 0.1) is 5.92 Å². The fraction of sp³-hybridized carbons (Fsp3) is 0.480. The Morgan fingerprint density at radius 3 is 2.28 bits per heavy atom. The minimum atomic E-state index is -4.73. The van der Waals surface area contributed by atoms with Crippen LogP contribution >= 0.6 is 0 Å². The highest BCUT2D eigenvalue weighted by Gasteiger charge is 2.41. The van der Waals surface area contributed by atoms with Gasteiger partial charge in [-0.3, -0.25) is 9.69 Å². The Bertz CT molecular complexity index is 1210. The van der Waals surface area contributed by atoms with Crippen LogP contribution in [0.25, 0.3) is 0 Å². The van der Waals surface area contributed by atoms with Crippen molar-refractivity contribution in [3.05, 3.63) is 59.2 Å². The Balaban J connectivity index is 1.42. The third-order valence-electron chi connectivity index (χ3n) is 6.84. The summed E-state index contributed by atoms with van der Waals surface area (Å²) >= 11 is 0. The highest BCUT2D eigenvalue weighted by molar-refractivity contribution is 7.89. The van der Waals surface area contributed by atoms with E-state index in [1.807, 2.05) is 13.8 Å². The normalized spacial score (nSPS) is 23.4. The summed E-state index contributed by atoms with van der Waals surface area (Å²) in [4.78, 5) is 13.8. The fourth-order valence-corrected chi connectivity index (χ4v) is 7.45. The molecule has 11 heteroatoms. The summed E-state index contributed by atoms with van der Waals surface area (Å²) in [6, 6.07) is 10.2. The lowest BCUT2D eigenvalue weighted by Crippen LogP contribution is -2.58. The maximum atomic E-state index is 13.7. The Labute approximate surface area is 208 Å². The Hall–Kier alpha value is -2.63. The Morgan fingerprint density at radius 1 is 1.06 bits per heavy atom. The predicted octanol–water partition coefficient (Wildman–Crippen LogP) is 3.71. The second kappa shape index (κ2) is 10.0. The van der Waals surface area contributed by atoms with Crippen molar-refractivity contribution in [2.45, 2.75) is 56.5 Å². The number of carboxylic acid groups (broad SMARTS) is 1. The van der Waals surface area contributed by atoms with Gasteiger partial charge < -0.3 is 9.84 Å². The summed E-state index contributed by atoms with van der Waals surface area (Å²) in [7, 11) is -3.84. The lowest BCUT2D eigenvalue weighted by Gasteiger charge is -2.43. The van der Waals surface area contributed by atoms with Crippen molar-refractivity contribution in [1.29, 1.82) is 0 Å². The smallest absolute Gasteiger partial charge is 0.481 e. The van der Waals surface area contributed by atoms with Crippen molar-refractivity contribution in [3.8, 4) is 5.75 Å². The molecule has 1 unspecified atom stereocenters. The van der Waals surface area contributed by atoms with Gasteiger partial charge in [0.25, 0.3) is 0 Å². The number of sulfonamides is 1. The monoisotopic (exact) mass is 526 g/mol. The van der Waals surface area contributed by atoms with E-state index in [1.165, 1.54) is 16.4 Å². The third kappa shape index (κ3) is 5.68. The molecule has 0 saturated carbocycles. The van der Waals surface area contributed by atoms with E-state index in [4.69, 9.17) is 0 Å². The molecule has 0 aromatic heterocycles. The number of carboxylic acids is 1. The molecule has 0 amide bonds. The maximum absolute atomic E-state index is 13.7. The van der Waals surface area contributed by atoms with Crippen LogP contribution in [0.5, 0.6) is 5.75 Å². The topological polar surface area (TPSA) is 87.2 Å². The molecule has 1 heterocycles. The van der Waals surface area contributed by atoms with Gasteiger partial charge in [0.05, 0.1) is 10.8 Å². The molecule has 0 spiro atoms.